The van der Waals surface area contributed by atoms with E-state index in [2.05, 4.69) is 10.3 Å². The van der Waals surface area contributed by atoms with Gasteiger partial charge in [-0.25, -0.2) is 0 Å². The fourth-order valence-corrected chi connectivity index (χ4v) is 3.62. The summed E-state index contributed by atoms with van der Waals surface area (Å²) >= 11 is 1.43. The molecule has 2 aliphatic heterocycles. The predicted octanol–water partition coefficient (Wildman–Crippen LogP) is -0.714. The van der Waals surface area contributed by atoms with Gasteiger partial charge in [-0.3, -0.25) is 4.99 Å². The first-order valence-corrected chi connectivity index (χ1v) is 7.67. The third-order valence-electron chi connectivity index (χ3n) is 3.89. The van der Waals surface area contributed by atoms with Crippen molar-refractivity contribution in [3.8, 4) is 0 Å². The van der Waals surface area contributed by atoms with Crippen LogP contribution in [0.15, 0.2) is 4.99 Å². The molecule has 6 nitrogen and oxygen atoms in total. The molecule has 1 aliphatic carbocycles. The molecule has 0 radical (unpaired) electrons. The molecule has 0 aromatic carbocycles. The predicted molar refractivity (Wildman–Crippen MR) is 71.9 cm³/mol. The van der Waals surface area contributed by atoms with Crippen LogP contribution in [0.2, 0.25) is 0 Å². The quantitative estimate of drug-likeness (QED) is 0.546. The van der Waals surface area contributed by atoms with Gasteiger partial charge in [-0.1, -0.05) is 24.6 Å². The second-order valence-corrected chi connectivity index (χ2v) is 6.50. The summed E-state index contributed by atoms with van der Waals surface area (Å²) in [6.07, 6.45) is 1.03. The lowest BCUT2D eigenvalue weighted by atomic mass is 9.98. The second-order valence-electron chi connectivity index (χ2n) is 5.41. The van der Waals surface area contributed by atoms with E-state index < -0.39 is 18.3 Å². The summed E-state index contributed by atoms with van der Waals surface area (Å²) in [6, 6.07) is -0.359. The van der Waals surface area contributed by atoms with Gasteiger partial charge in [0.2, 0.25) is 0 Å². The Bertz CT molecular complexity index is 364. The highest BCUT2D eigenvalue weighted by atomic mass is 32.2. The van der Waals surface area contributed by atoms with Gasteiger partial charge in [-0.05, 0) is 12.3 Å². The van der Waals surface area contributed by atoms with Crippen molar-refractivity contribution in [2.75, 3.05) is 13.2 Å². The lowest BCUT2D eigenvalue weighted by molar-refractivity contribution is -0.167. The molecule has 2 saturated heterocycles. The molecule has 0 amide bonds. The zero-order valence-electron chi connectivity index (χ0n) is 10.6. The van der Waals surface area contributed by atoms with Crippen molar-refractivity contribution in [3.63, 3.8) is 0 Å². The standard InChI is InChI=1S/C12H20N2O4S/c15-5-7-9(16)10(17)8-11(18-7)19-12(14-8)13-4-3-6-1-2-6/h6-11,15-17H,1-5H2,(H,13,14). The maximum absolute atomic E-state index is 10.0. The first-order valence-electron chi connectivity index (χ1n) is 6.79. The zero-order chi connectivity index (χ0) is 13.4. The number of rotatable bonds is 4. The Morgan fingerprint density at radius 2 is 2.11 bits per heavy atom. The minimum atomic E-state index is -1.06. The van der Waals surface area contributed by atoms with Crippen molar-refractivity contribution in [2.24, 2.45) is 10.9 Å². The summed E-state index contributed by atoms with van der Waals surface area (Å²) in [5.41, 5.74) is -0.296. The summed E-state index contributed by atoms with van der Waals surface area (Å²) in [5, 5.41) is 32.8. The van der Waals surface area contributed by atoms with Gasteiger partial charge in [0.15, 0.2) is 5.17 Å². The van der Waals surface area contributed by atoms with Crippen LogP contribution in [0.5, 0.6) is 0 Å². The van der Waals surface area contributed by atoms with Gasteiger partial charge in [-0.2, -0.15) is 0 Å². The van der Waals surface area contributed by atoms with Crippen molar-refractivity contribution in [1.82, 2.24) is 5.32 Å². The molecule has 3 aliphatic rings. The number of ether oxygens (including phenoxy) is 1. The Hall–Kier alpha value is -0.340. The van der Waals surface area contributed by atoms with Crippen LogP contribution in [0.4, 0.5) is 0 Å². The highest BCUT2D eigenvalue weighted by molar-refractivity contribution is 8.14. The molecule has 5 unspecified atom stereocenters. The van der Waals surface area contributed by atoms with Crippen molar-refractivity contribution in [3.05, 3.63) is 0 Å². The van der Waals surface area contributed by atoms with Gasteiger partial charge in [0.05, 0.1) is 12.6 Å². The molecule has 1 saturated carbocycles. The monoisotopic (exact) mass is 288 g/mol. The number of nitrogens with zero attached hydrogens (tertiary/aromatic N) is 1. The van der Waals surface area contributed by atoms with E-state index >= 15 is 0 Å². The molecule has 4 N–H and O–H groups in total. The van der Waals surface area contributed by atoms with Gasteiger partial charge in [0.25, 0.3) is 0 Å². The van der Waals surface area contributed by atoms with Crippen molar-refractivity contribution >= 4 is 16.9 Å². The molecule has 7 heteroatoms. The van der Waals surface area contributed by atoms with Gasteiger partial charge in [0, 0.05) is 6.54 Å². The third kappa shape index (κ3) is 2.90. The van der Waals surface area contributed by atoms with Gasteiger partial charge in [0.1, 0.15) is 23.7 Å². The average molecular weight is 288 g/mol. The van der Waals surface area contributed by atoms with Crippen molar-refractivity contribution in [1.29, 1.82) is 0 Å². The molecular weight excluding hydrogens is 268 g/mol. The SMILES string of the molecule is OCC1OC2SC(=NCCC3CC3)NC2C(O)C1O. The number of hydrogen-bond acceptors (Lipinski definition) is 6. The lowest BCUT2D eigenvalue weighted by Gasteiger charge is -2.38. The van der Waals surface area contributed by atoms with Crippen molar-refractivity contribution < 1.29 is 20.1 Å². The molecule has 2 heterocycles. The van der Waals surface area contributed by atoms with E-state index in [1.165, 1.54) is 24.6 Å². The first kappa shape index (κ1) is 13.6. The van der Waals surface area contributed by atoms with Crippen LogP contribution in [0.1, 0.15) is 19.3 Å². The van der Waals surface area contributed by atoms with E-state index in [4.69, 9.17) is 9.84 Å². The number of aliphatic imine (C=N–C) groups is 1. The smallest absolute Gasteiger partial charge is 0.159 e. The van der Waals surface area contributed by atoms with Crippen LogP contribution in [0.25, 0.3) is 0 Å². The summed E-state index contributed by atoms with van der Waals surface area (Å²) in [6.45, 7) is 0.498. The normalized spacial score (nSPS) is 44.2. The van der Waals surface area contributed by atoms with E-state index in [0.717, 1.165) is 24.1 Å². The number of aliphatic hydroxyl groups is 3. The fourth-order valence-electron chi connectivity index (χ4n) is 2.46. The summed E-state index contributed by atoms with van der Waals surface area (Å²) < 4.78 is 5.57. The Balaban J connectivity index is 1.59. The first-order chi connectivity index (χ1) is 9.19. The number of fused-ring (bicyclic) bond motifs is 1. The fraction of sp³-hybridized carbons (Fsp3) is 0.917. The highest BCUT2D eigenvalue weighted by Crippen LogP contribution is 2.35. The average Bonchev–Trinajstić information content (AvgIpc) is 3.13. The Morgan fingerprint density at radius 3 is 2.79 bits per heavy atom. The van der Waals surface area contributed by atoms with E-state index in [1.807, 2.05) is 0 Å². The lowest BCUT2D eigenvalue weighted by Crippen LogP contribution is -2.59. The summed E-state index contributed by atoms with van der Waals surface area (Å²) in [7, 11) is 0. The van der Waals surface area contributed by atoms with Gasteiger partial charge < -0.3 is 25.4 Å². The molecule has 5 atom stereocenters. The van der Waals surface area contributed by atoms with Gasteiger partial charge >= 0.3 is 0 Å². The molecule has 0 bridgehead atoms. The molecule has 0 spiro atoms. The van der Waals surface area contributed by atoms with Crippen molar-refractivity contribution in [2.45, 2.75) is 49.1 Å². The topological polar surface area (TPSA) is 94.3 Å². The molecule has 19 heavy (non-hydrogen) atoms. The molecule has 0 aromatic rings. The molecular formula is C12H20N2O4S. The third-order valence-corrected chi connectivity index (χ3v) is 5.00. The van der Waals surface area contributed by atoms with Crippen LogP contribution >= 0.6 is 11.8 Å². The second kappa shape index (κ2) is 5.57. The Kier molecular flexibility index (Phi) is 4.00. The van der Waals surface area contributed by atoms with E-state index in [-0.39, 0.29) is 18.1 Å². The summed E-state index contributed by atoms with van der Waals surface area (Å²) in [5.74, 6) is 0.848. The number of hydrogen-bond donors (Lipinski definition) is 4. The van der Waals surface area contributed by atoms with Crippen LogP contribution < -0.4 is 5.32 Å². The Labute approximate surface area is 116 Å². The van der Waals surface area contributed by atoms with Crippen LogP contribution in [0, 0.1) is 5.92 Å². The highest BCUT2D eigenvalue weighted by Gasteiger charge is 2.48. The molecule has 108 valence electrons. The van der Waals surface area contributed by atoms with E-state index in [0.29, 0.717) is 0 Å². The Morgan fingerprint density at radius 1 is 1.32 bits per heavy atom. The van der Waals surface area contributed by atoms with Gasteiger partial charge in [-0.15, -0.1) is 0 Å². The van der Waals surface area contributed by atoms with Crippen LogP contribution in [-0.2, 0) is 4.74 Å². The number of amidine groups is 1. The molecule has 0 aromatic heterocycles. The largest absolute Gasteiger partial charge is 0.394 e. The van der Waals surface area contributed by atoms with Crippen LogP contribution in [-0.4, -0.2) is 63.4 Å². The number of nitrogens with one attached hydrogen (secondary N) is 1. The molecule has 3 fully saturated rings. The minimum absolute atomic E-state index is 0.295. The zero-order valence-corrected chi connectivity index (χ0v) is 11.4. The van der Waals surface area contributed by atoms with Crippen LogP contribution in [0.3, 0.4) is 0 Å². The van der Waals surface area contributed by atoms with E-state index in [9.17, 15) is 10.2 Å². The number of aliphatic hydroxyl groups excluding tert-OH is 3. The molecule has 3 rings (SSSR count). The minimum Gasteiger partial charge on any atom is -0.394 e. The maximum Gasteiger partial charge on any atom is 0.159 e. The van der Waals surface area contributed by atoms with E-state index in [1.54, 1.807) is 0 Å². The summed E-state index contributed by atoms with van der Waals surface area (Å²) in [4.78, 5) is 4.47. The number of thioether (sulfide) groups is 1. The maximum atomic E-state index is 10.0.